The Kier molecular flexibility index (Phi) is 4.16. The van der Waals surface area contributed by atoms with Gasteiger partial charge in [-0.15, -0.1) is 0 Å². The molecule has 0 aliphatic heterocycles. The quantitative estimate of drug-likeness (QED) is 0.712. The molecule has 1 rings (SSSR count). The zero-order chi connectivity index (χ0) is 11.3. The molecule has 3 heteroatoms. The summed E-state index contributed by atoms with van der Waals surface area (Å²) in [5, 5.41) is 0. The second-order valence-corrected chi connectivity index (χ2v) is 3.37. The molecule has 0 aromatic heterocycles. The maximum absolute atomic E-state index is 10.9. The molecular formula is C12H16O3. The van der Waals surface area contributed by atoms with Crippen LogP contribution < -0.4 is 4.74 Å². The first-order valence-corrected chi connectivity index (χ1v) is 4.91. The Balaban J connectivity index is 2.51. The molecule has 1 aromatic carbocycles. The molecule has 0 amide bonds. The maximum atomic E-state index is 10.9. The highest BCUT2D eigenvalue weighted by Gasteiger charge is 2.03. The molecule has 0 unspecified atom stereocenters. The first-order chi connectivity index (χ1) is 7.15. The summed E-state index contributed by atoms with van der Waals surface area (Å²) in [7, 11) is 1.38. The van der Waals surface area contributed by atoms with Crippen molar-refractivity contribution in [2.45, 2.75) is 20.3 Å². The third-order valence-electron chi connectivity index (χ3n) is 2.35. The van der Waals surface area contributed by atoms with Crippen molar-refractivity contribution >= 4 is 5.97 Å². The maximum Gasteiger partial charge on any atom is 0.308 e. The summed E-state index contributed by atoms with van der Waals surface area (Å²) in [6, 6.07) is 5.87. The van der Waals surface area contributed by atoms with Crippen molar-refractivity contribution in [2.75, 3.05) is 13.7 Å². The number of ether oxygens (including phenoxy) is 2. The van der Waals surface area contributed by atoms with Crippen LogP contribution in [0, 0.1) is 13.8 Å². The molecular weight excluding hydrogens is 192 g/mol. The summed E-state index contributed by atoms with van der Waals surface area (Å²) in [5.74, 6) is 0.583. The van der Waals surface area contributed by atoms with E-state index in [-0.39, 0.29) is 12.4 Å². The van der Waals surface area contributed by atoms with Crippen LogP contribution in [0.1, 0.15) is 17.5 Å². The van der Waals surface area contributed by atoms with Crippen molar-refractivity contribution in [1.29, 1.82) is 0 Å². The van der Waals surface area contributed by atoms with E-state index in [1.54, 1.807) is 0 Å². The highest BCUT2D eigenvalue weighted by atomic mass is 16.5. The van der Waals surface area contributed by atoms with Gasteiger partial charge < -0.3 is 9.47 Å². The zero-order valence-electron chi connectivity index (χ0n) is 9.37. The highest BCUT2D eigenvalue weighted by Crippen LogP contribution is 2.20. The summed E-state index contributed by atoms with van der Waals surface area (Å²) in [4.78, 5) is 10.9. The van der Waals surface area contributed by atoms with Crippen molar-refractivity contribution in [3.8, 4) is 5.75 Å². The highest BCUT2D eigenvalue weighted by molar-refractivity contribution is 5.69. The zero-order valence-corrected chi connectivity index (χ0v) is 9.37. The Hall–Kier alpha value is -1.51. The molecule has 0 heterocycles. The number of methoxy groups -OCH3 is 1. The van der Waals surface area contributed by atoms with Gasteiger partial charge in [0.2, 0.25) is 0 Å². The summed E-state index contributed by atoms with van der Waals surface area (Å²) in [5.41, 5.74) is 2.30. The lowest BCUT2D eigenvalue weighted by molar-refractivity contribution is -0.141. The largest absolute Gasteiger partial charge is 0.493 e. The molecule has 0 bridgehead atoms. The summed E-state index contributed by atoms with van der Waals surface area (Å²) in [6.45, 7) is 4.39. The fourth-order valence-corrected chi connectivity index (χ4v) is 1.23. The van der Waals surface area contributed by atoms with Gasteiger partial charge in [-0.05, 0) is 31.0 Å². The molecule has 0 aliphatic carbocycles. The molecule has 0 saturated heterocycles. The second kappa shape index (κ2) is 5.39. The summed E-state index contributed by atoms with van der Waals surface area (Å²) >= 11 is 0. The van der Waals surface area contributed by atoms with E-state index in [0.29, 0.717) is 6.61 Å². The van der Waals surface area contributed by atoms with Gasteiger partial charge in [-0.2, -0.15) is 0 Å². The van der Waals surface area contributed by atoms with E-state index in [1.165, 1.54) is 12.7 Å². The predicted molar refractivity (Wildman–Crippen MR) is 58.0 cm³/mol. The van der Waals surface area contributed by atoms with Crippen LogP contribution in [0.3, 0.4) is 0 Å². The standard InChI is InChI=1S/C12H16O3/c1-9-5-4-6-11(10(9)2)15-8-7-12(13)14-3/h4-6H,7-8H2,1-3H3. The Morgan fingerprint density at radius 2 is 2.07 bits per heavy atom. The van der Waals surface area contributed by atoms with E-state index < -0.39 is 0 Å². The lowest BCUT2D eigenvalue weighted by atomic mass is 10.1. The van der Waals surface area contributed by atoms with E-state index in [1.807, 2.05) is 32.0 Å². The average Bonchev–Trinajstić information content (AvgIpc) is 2.24. The Morgan fingerprint density at radius 1 is 1.33 bits per heavy atom. The van der Waals surface area contributed by atoms with Gasteiger partial charge in [-0.1, -0.05) is 12.1 Å². The number of benzene rings is 1. The van der Waals surface area contributed by atoms with Crippen LogP contribution in [-0.4, -0.2) is 19.7 Å². The number of rotatable bonds is 4. The van der Waals surface area contributed by atoms with Crippen molar-refractivity contribution < 1.29 is 14.3 Å². The molecule has 3 nitrogen and oxygen atoms in total. The molecule has 0 atom stereocenters. The van der Waals surface area contributed by atoms with Crippen LogP contribution in [0.2, 0.25) is 0 Å². The smallest absolute Gasteiger partial charge is 0.308 e. The fraction of sp³-hybridized carbons (Fsp3) is 0.417. The van der Waals surface area contributed by atoms with Gasteiger partial charge in [0.25, 0.3) is 0 Å². The second-order valence-electron chi connectivity index (χ2n) is 3.37. The van der Waals surface area contributed by atoms with Crippen LogP contribution in [0.5, 0.6) is 5.75 Å². The molecule has 0 aliphatic rings. The van der Waals surface area contributed by atoms with Gasteiger partial charge in [0.15, 0.2) is 0 Å². The Morgan fingerprint density at radius 3 is 2.73 bits per heavy atom. The first-order valence-electron chi connectivity index (χ1n) is 4.91. The minimum absolute atomic E-state index is 0.250. The molecule has 0 fully saturated rings. The monoisotopic (exact) mass is 208 g/mol. The van der Waals surface area contributed by atoms with Crippen molar-refractivity contribution in [3.05, 3.63) is 29.3 Å². The summed E-state index contributed by atoms with van der Waals surface area (Å²) in [6.07, 6.45) is 0.282. The normalized spacial score (nSPS) is 9.80. The minimum Gasteiger partial charge on any atom is -0.493 e. The van der Waals surface area contributed by atoms with Crippen molar-refractivity contribution in [2.24, 2.45) is 0 Å². The fourth-order valence-electron chi connectivity index (χ4n) is 1.23. The topological polar surface area (TPSA) is 35.5 Å². The van der Waals surface area contributed by atoms with E-state index in [4.69, 9.17) is 4.74 Å². The molecule has 0 saturated carbocycles. The van der Waals surface area contributed by atoms with Gasteiger partial charge in [0.05, 0.1) is 20.1 Å². The summed E-state index contributed by atoms with van der Waals surface area (Å²) < 4.78 is 10.0. The van der Waals surface area contributed by atoms with E-state index in [2.05, 4.69) is 4.74 Å². The average molecular weight is 208 g/mol. The number of esters is 1. The number of aryl methyl sites for hydroxylation is 1. The van der Waals surface area contributed by atoms with E-state index in [0.717, 1.165) is 11.3 Å². The number of hydrogen-bond acceptors (Lipinski definition) is 3. The van der Waals surface area contributed by atoms with Crippen LogP contribution in [0.4, 0.5) is 0 Å². The SMILES string of the molecule is COC(=O)CCOc1cccc(C)c1C. The third kappa shape index (κ3) is 3.27. The van der Waals surface area contributed by atoms with Gasteiger partial charge in [0.1, 0.15) is 5.75 Å². The van der Waals surface area contributed by atoms with Gasteiger partial charge in [-0.3, -0.25) is 4.79 Å². The Bertz CT molecular complexity index is 345. The van der Waals surface area contributed by atoms with Crippen LogP contribution in [0.15, 0.2) is 18.2 Å². The predicted octanol–water partition coefficient (Wildman–Crippen LogP) is 2.25. The van der Waals surface area contributed by atoms with Gasteiger partial charge in [0, 0.05) is 0 Å². The Labute approximate surface area is 90.0 Å². The molecule has 15 heavy (non-hydrogen) atoms. The van der Waals surface area contributed by atoms with Crippen LogP contribution >= 0.6 is 0 Å². The molecule has 0 radical (unpaired) electrons. The minimum atomic E-state index is -0.250. The number of carbonyl (C=O) groups is 1. The van der Waals surface area contributed by atoms with Crippen molar-refractivity contribution in [3.63, 3.8) is 0 Å². The van der Waals surface area contributed by atoms with Gasteiger partial charge in [-0.25, -0.2) is 0 Å². The molecule has 0 N–H and O–H groups in total. The van der Waals surface area contributed by atoms with Crippen LogP contribution in [-0.2, 0) is 9.53 Å². The first kappa shape index (κ1) is 11.6. The molecule has 1 aromatic rings. The van der Waals surface area contributed by atoms with Crippen LogP contribution in [0.25, 0.3) is 0 Å². The number of carbonyl (C=O) groups excluding carboxylic acids is 1. The third-order valence-corrected chi connectivity index (χ3v) is 2.35. The van der Waals surface area contributed by atoms with Gasteiger partial charge >= 0.3 is 5.97 Å². The van der Waals surface area contributed by atoms with E-state index in [9.17, 15) is 4.79 Å². The lowest BCUT2D eigenvalue weighted by Crippen LogP contribution is -2.08. The van der Waals surface area contributed by atoms with Crippen molar-refractivity contribution in [1.82, 2.24) is 0 Å². The van der Waals surface area contributed by atoms with E-state index >= 15 is 0 Å². The number of hydrogen-bond donors (Lipinski definition) is 0. The lowest BCUT2D eigenvalue weighted by Gasteiger charge is -2.09. The molecule has 0 spiro atoms. The molecule has 82 valence electrons.